The predicted molar refractivity (Wildman–Crippen MR) is 45.6 cm³/mol. The number of carbonyl (C=O) groups is 1. The van der Waals surface area contributed by atoms with Crippen LogP contribution < -0.4 is 0 Å². The van der Waals surface area contributed by atoms with Crippen LogP contribution in [-0.2, 0) is 9.53 Å². The lowest BCUT2D eigenvalue weighted by Gasteiger charge is -2.08. The van der Waals surface area contributed by atoms with E-state index >= 15 is 0 Å². The molecule has 1 heterocycles. The quantitative estimate of drug-likeness (QED) is 0.554. The van der Waals surface area contributed by atoms with Crippen molar-refractivity contribution in [3.8, 4) is 0 Å². The molecule has 2 rings (SSSR count). The first-order valence-corrected chi connectivity index (χ1v) is 4.44. The summed E-state index contributed by atoms with van der Waals surface area (Å²) in [6, 6.07) is 0. The SMILES string of the molecule is CCC1OC(=O)C2=CCCC=C21. The van der Waals surface area contributed by atoms with Crippen LogP contribution in [0.4, 0.5) is 0 Å². The smallest absolute Gasteiger partial charge is 0.338 e. The third-order valence-corrected chi connectivity index (χ3v) is 2.38. The molecule has 1 unspecified atom stereocenters. The Morgan fingerprint density at radius 1 is 1.50 bits per heavy atom. The lowest BCUT2D eigenvalue weighted by Crippen LogP contribution is -2.06. The molecule has 12 heavy (non-hydrogen) atoms. The first kappa shape index (κ1) is 7.59. The molecule has 0 N–H and O–H groups in total. The van der Waals surface area contributed by atoms with E-state index in [9.17, 15) is 4.79 Å². The maximum atomic E-state index is 11.2. The van der Waals surface area contributed by atoms with Gasteiger partial charge in [-0.05, 0) is 19.3 Å². The van der Waals surface area contributed by atoms with Gasteiger partial charge in [-0.25, -0.2) is 4.79 Å². The molecular weight excluding hydrogens is 152 g/mol. The summed E-state index contributed by atoms with van der Waals surface area (Å²) in [6.07, 6.45) is 7.07. The summed E-state index contributed by atoms with van der Waals surface area (Å²) < 4.78 is 5.18. The van der Waals surface area contributed by atoms with Crippen molar-refractivity contribution in [3.05, 3.63) is 23.3 Å². The van der Waals surface area contributed by atoms with E-state index in [1.54, 1.807) is 0 Å². The van der Waals surface area contributed by atoms with Crippen molar-refractivity contribution in [1.29, 1.82) is 0 Å². The van der Waals surface area contributed by atoms with Crippen LogP contribution in [0.5, 0.6) is 0 Å². The molecule has 0 bridgehead atoms. The van der Waals surface area contributed by atoms with E-state index in [1.165, 1.54) is 0 Å². The maximum absolute atomic E-state index is 11.2. The van der Waals surface area contributed by atoms with Crippen molar-refractivity contribution in [3.63, 3.8) is 0 Å². The van der Waals surface area contributed by atoms with Crippen LogP contribution in [0, 0.1) is 0 Å². The van der Waals surface area contributed by atoms with Gasteiger partial charge in [0.25, 0.3) is 0 Å². The molecule has 1 atom stereocenters. The van der Waals surface area contributed by atoms with Gasteiger partial charge in [-0.2, -0.15) is 0 Å². The van der Waals surface area contributed by atoms with Gasteiger partial charge in [0.2, 0.25) is 0 Å². The van der Waals surface area contributed by atoms with Gasteiger partial charge in [-0.3, -0.25) is 0 Å². The van der Waals surface area contributed by atoms with Crippen molar-refractivity contribution in [2.24, 2.45) is 0 Å². The summed E-state index contributed by atoms with van der Waals surface area (Å²) in [5.41, 5.74) is 1.93. The Morgan fingerprint density at radius 2 is 2.25 bits per heavy atom. The second-order valence-corrected chi connectivity index (χ2v) is 3.16. The van der Waals surface area contributed by atoms with Gasteiger partial charge < -0.3 is 4.74 Å². The first-order chi connectivity index (χ1) is 5.83. The van der Waals surface area contributed by atoms with E-state index in [2.05, 4.69) is 6.08 Å². The molecule has 0 aromatic carbocycles. The highest BCUT2D eigenvalue weighted by Gasteiger charge is 2.33. The van der Waals surface area contributed by atoms with Crippen molar-refractivity contribution in [2.45, 2.75) is 32.3 Å². The second-order valence-electron chi connectivity index (χ2n) is 3.16. The predicted octanol–water partition coefficient (Wildman–Crippen LogP) is 1.97. The molecule has 0 spiro atoms. The van der Waals surface area contributed by atoms with Crippen LogP contribution in [-0.4, -0.2) is 12.1 Å². The van der Waals surface area contributed by atoms with Crippen molar-refractivity contribution < 1.29 is 9.53 Å². The Kier molecular flexibility index (Phi) is 1.75. The third-order valence-electron chi connectivity index (χ3n) is 2.38. The summed E-state index contributed by atoms with van der Waals surface area (Å²) in [5.74, 6) is -0.132. The van der Waals surface area contributed by atoms with Gasteiger partial charge in [0, 0.05) is 5.57 Å². The van der Waals surface area contributed by atoms with Gasteiger partial charge in [0.15, 0.2) is 0 Å². The fourth-order valence-corrected chi connectivity index (χ4v) is 1.76. The minimum Gasteiger partial charge on any atom is -0.454 e. The van der Waals surface area contributed by atoms with Crippen LogP contribution in [0.25, 0.3) is 0 Å². The summed E-state index contributed by atoms with van der Waals surface area (Å²) >= 11 is 0. The van der Waals surface area contributed by atoms with Gasteiger partial charge in [-0.1, -0.05) is 19.1 Å². The van der Waals surface area contributed by atoms with Crippen LogP contribution in [0.2, 0.25) is 0 Å². The minimum atomic E-state index is -0.132. The van der Waals surface area contributed by atoms with E-state index in [-0.39, 0.29) is 12.1 Å². The van der Waals surface area contributed by atoms with E-state index < -0.39 is 0 Å². The number of allylic oxidation sites excluding steroid dienone is 2. The molecule has 2 nitrogen and oxygen atoms in total. The molecule has 2 heteroatoms. The third kappa shape index (κ3) is 0.986. The van der Waals surface area contributed by atoms with Gasteiger partial charge in [0.1, 0.15) is 6.10 Å². The largest absolute Gasteiger partial charge is 0.454 e. The molecule has 1 aliphatic carbocycles. The van der Waals surface area contributed by atoms with Gasteiger partial charge in [0.05, 0.1) is 5.57 Å². The van der Waals surface area contributed by atoms with E-state index in [0.29, 0.717) is 0 Å². The molecule has 0 saturated carbocycles. The average molecular weight is 164 g/mol. The number of ether oxygens (including phenoxy) is 1. The summed E-state index contributed by atoms with van der Waals surface area (Å²) in [7, 11) is 0. The van der Waals surface area contributed by atoms with E-state index in [4.69, 9.17) is 4.74 Å². The molecule has 0 amide bonds. The Bertz CT molecular complexity index is 274. The van der Waals surface area contributed by atoms with Gasteiger partial charge in [-0.15, -0.1) is 0 Å². The van der Waals surface area contributed by atoms with Crippen LogP contribution in [0.15, 0.2) is 23.3 Å². The monoisotopic (exact) mass is 164 g/mol. The number of carbonyl (C=O) groups excluding carboxylic acids is 1. The molecule has 0 radical (unpaired) electrons. The minimum absolute atomic E-state index is 0.0315. The maximum Gasteiger partial charge on any atom is 0.338 e. The molecule has 1 aliphatic heterocycles. The molecule has 1 saturated heterocycles. The van der Waals surface area contributed by atoms with Gasteiger partial charge >= 0.3 is 5.97 Å². The van der Waals surface area contributed by atoms with E-state index in [0.717, 1.165) is 30.4 Å². The molecule has 0 aromatic rings. The van der Waals surface area contributed by atoms with Crippen molar-refractivity contribution in [1.82, 2.24) is 0 Å². The Hall–Kier alpha value is -1.05. The fourth-order valence-electron chi connectivity index (χ4n) is 1.76. The zero-order valence-corrected chi connectivity index (χ0v) is 7.17. The average Bonchev–Trinajstić information content (AvgIpc) is 2.44. The van der Waals surface area contributed by atoms with Crippen molar-refractivity contribution in [2.75, 3.05) is 0 Å². The number of esters is 1. The highest BCUT2D eigenvalue weighted by Crippen LogP contribution is 2.32. The highest BCUT2D eigenvalue weighted by molar-refractivity contribution is 5.97. The summed E-state index contributed by atoms with van der Waals surface area (Å²) in [5, 5.41) is 0. The Balaban J connectivity index is 2.34. The summed E-state index contributed by atoms with van der Waals surface area (Å²) in [4.78, 5) is 11.2. The number of hydrogen-bond donors (Lipinski definition) is 0. The second kappa shape index (κ2) is 2.77. The number of cyclic esters (lactones) is 1. The molecule has 64 valence electrons. The molecule has 1 fully saturated rings. The summed E-state index contributed by atoms with van der Waals surface area (Å²) in [6.45, 7) is 2.04. The Morgan fingerprint density at radius 3 is 3.00 bits per heavy atom. The zero-order valence-electron chi connectivity index (χ0n) is 7.17. The van der Waals surface area contributed by atoms with Crippen LogP contribution in [0.3, 0.4) is 0 Å². The lowest BCUT2D eigenvalue weighted by molar-refractivity contribution is -0.138. The number of rotatable bonds is 1. The Labute approximate surface area is 71.9 Å². The number of hydrogen-bond acceptors (Lipinski definition) is 2. The molecule has 2 aliphatic rings. The fraction of sp³-hybridized carbons (Fsp3) is 0.500. The standard InChI is InChI=1S/C10H12O2/c1-2-9-7-5-3-4-6-8(7)10(11)12-9/h5-6,9H,2-4H2,1H3. The zero-order chi connectivity index (χ0) is 8.55. The van der Waals surface area contributed by atoms with Crippen LogP contribution >= 0.6 is 0 Å². The molecule has 0 aromatic heterocycles. The van der Waals surface area contributed by atoms with Crippen LogP contribution in [0.1, 0.15) is 26.2 Å². The normalized spacial score (nSPS) is 27.4. The topological polar surface area (TPSA) is 26.3 Å². The highest BCUT2D eigenvalue weighted by atomic mass is 16.5. The molecular formula is C10H12O2. The van der Waals surface area contributed by atoms with Crippen molar-refractivity contribution >= 4 is 5.97 Å². The lowest BCUT2D eigenvalue weighted by atomic mass is 9.95. The number of fused-ring (bicyclic) bond motifs is 1. The van der Waals surface area contributed by atoms with E-state index in [1.807, 2.05) is 13.0 Å². The first-order valence-electron chi connectivity index (χ1n) is 4.44.